The molecule has 1 aliphatic carbocycles. The van der Waals surface area contributed by atoms with Crippen molar-refractivity contribution in [3.05, 3.63) is 35.4 Å². The highest BCUT2D eigenvalue weighted by Gasteiger charge is 2.42. The van der Waals surface area contributed by atoms with Gasteiger partial charge in [-0.3, -0.25) is 0 Å². The summed E-state index contributed by atoms with van der Waals surface area (Å²) in [5, 5.41) is 10.5. The summed E-state index contributed by atoms with van der Waals surface area (Å²) in [5.74, 6) is 0. The molecule has 100 valence electrons. The molecule has 0 radical (unpaired) electrons. The molecule has 1 fully saturated rings. The maximum atomic E-state index is 12.9. The topological polar surface area (TPSA) is 46.2 Å². The van der Waals surface area contributed by atoms with Crippen molar-refractivity contribution in [2.75, 3.05) is 0 Å². The predicted octanol–water partition coefficient (Wildman–Crippen LogP) is 2.79. The first-order chi connectivity index (χ1) is 8.33. The van der Waals surface area contributed by atoms with Crippen molar-refractivity contribution in [1.82, 2.24) is 0 Å². The molecule has 2 atom stereocenters. The molecule has 0 saturated heterocycles. The first-order valence-electron chi connectivity index (χ1n) is 5.97. The molecule has 18 heavy (non-hydrogen) atoms. The molecule has 0 aromatic heterocycles. The summed E-state index contributed by atoms with van der Waals surface area (Å²) in [4.78, 5) is 0. The van der Waals surface area contributed by atoms with Gasteiger partial charge in [-0.15, -0.1) is 0 Å². The van der Waals surface area contributed by atoms with E-state index in [1.54, 1.807) is 0 Å². The van der Waals surface area contributed by atoms with Crippen LogP contribution in [-0.2, 0) is 11.8 Å². The molecule has 3 N–H and O–H groups in total. The molecule has 0 amide bonds. The number of aliphatic hydroxyl groups is 1. The number of hydrogen-bond donors (Lipinski definition) is 2. The van der Waals surface area contributed by atoms with Crippen molar-refractivity contribution < 1.29 is 18.3 Å². The second-order valence-electron chi connectivity index (χ2n) is 4.93. The van der Waals surface area contributed by atoms with Crippen molar-refractivity contribution >= 4 is 0 Å². The molecule has 2 nitrogen and oxygen atoms in total. The zero-order valence-electron chi connectivity index (χ0n) is 9.87. The molecule has 0 heterocycles. The van der Waals surface area contributed by atoms with Gasteiger partial charge in [-0.25, -0.2) is 0 Å². The Kier molecular flexibility index (Phi) is 3.38. The third-order valence-electron chi connectivity index (χ3n) is 3.50. The van der Waals surface area contributed by atoms with E-state index in [-0.39, 0.29) is 18.0 Å². The Labute approximate surface area is 104 Å². The zero-order valence-corrected chi connectivity index (χ0v) is 9.87. The van der Waals surface area contributed by atoms with Gasteiger partial charge in [0.2, 0.25) is 0 Å². The predicted molar refractivity (Wildman–Crippen MR) is 61.8 cm³/mol. The highest BCUT2D eigenvalue weighted by atomic mass is 19.4. The fraction of sp³-hybridized carbons (Fsp3) is 0.538. The lowest BCUT2D eigenvalue weighted by Crippen LogP contribution is -2.40. The summed E-state index contributed by atoms with van der Waals surface area (Å²) in [5.41, 5.74) is 3.50. The zero-order chi connectivity index (χ0) is 13.4. The van der Waals surface area contributed by atoms with Crippen molar-refractivity contribution in [2.24, 2.45) is 5.73 Å². The molecule has 1 aromatic carbocycles. The normalized spacial score (nSPS) is 29.3. The minimum Gasteiger partial charge on any atom is -0.385 e. The second-order valence-corrected chi connectivity index (χ2v) is 4.93. The monoisotopic (exact) mass is 259 g/mol. The summed E-state index contributed by atoms with van der Waals surface area (Å²) >= 11 is 0. The van der Waals surface area contributed by atoms with E-state index < -0.39 is 17.3 Å². The fourth-order valence-electron chi connectivity index (χ4n) is 2.68. The van der Waals surface area contributed by atoms with Crippen LogP contribution in [0.2, 0.25) is 0 Å². The summed E-state index contributed by atoms with van der Waals surface area (Å²) in [6, 6.07) is 4.96. The van der Waals surface area contributed by atoms with Gasteiger partial charge in [0.05, 0.1) is 11.2 Å². The average molecular weight is 259 g/mol. The van der Waals surface area contributed by atoms with Crippen molar-refractivity contribution in [1.29, 1.82) is 0 Å². The molecule has 0 bridgehead atoms. The van der Waals surface area contributed by atoms with Gasteiger partial charge in [-0.1, -0.05) is 18.2 Å². The van der Waals surface area contributed by atoms with Gasteiger partial charge >= 0.3 is 6.18 Å². The van der Waals surface area contributed by atoms with Crippen LogP contribution in [-0.4, -0.2) is 11.1 Å². The lowest BCUT2D eigenvalue weighted by molar-refractivity contribution is -0.141. The molecule has 2 unspecified atom stereocenters. The van der Waals surface area contributed by atoms with Gasteiger partial charge in [-0.05, 0) is 37.3 Å². The average Bonchev–Trinajstić information content (AvgIpc) is 2.27. The van der Waals surface area contributed by atoms with Gasteiger partial charge < -0.3 is 10.8 Å². The van der Waals surface area contributed by atoms with Gasteiger partial charge in [0.25, 0.3) is 0 Å². The van der Waals surface area contributed by atoms with Gasteiger partial charge in [0.1, 0.15) is 0 Å². The van der Waals surface area contributed by atoms with E-state index in [9.17, 15) is 18.3 Å². The van der Waals surface area contributed by atoms with Crippen molar-refractivity contribution in [3.8, 4) is 0 Å². The van der Waals surface area contributed by atoms with Crippen LogP contribution in [0.3, 0.4) is 0 Å². The Bertz CT molecular complexity index is 432. The Morgan fingerprint density at radius 3 is 2.56 bits per heavy atom. The first-order valence-corrected chi connectivity index (χ1v) is 5.97. The number of halogens is 3. The standard InChI is InChI=1S/C13H16F3NO/c14-13(15,16)11-6-2-1-5-10(11)12(18)7-3-4-9(17)8-12/h1-2,5-6,9,18H,3-4,7-8,17H2. The largest absolute Gasteiger partial charge is 0.416 e. The van der Waals surface area contributed by atoms with E-state index in [1.807, 2.05) is 0 Å². The minimum atomic E-state index is -4.45. The molecular weight excluding hydrogens is 243 g/mol. The number of benzene rings is 1. The highest BCUT2D eigenvalue weighted by molar-refractivity contribution is 5.35. The Hall–Kier alpha value is -1.07. The van der Waals surface area contributed by atoms with E-state index in [2.05, 4.69) is 0 Å². The highest BCUT2D eigenvalue weighted by Crippen LogP contribution is 2.42. The van der Waals surface area contributed by atoms with Crippen LogP contribution in [0.4, 0.5) is 13.2 Å². The molecule has 5 heteroatoms. The summed E-state index contributed by atoms with van der Waals surface area (Å²) in [6.07, 6.45) is -2.55. The summed E-state index contributed by atoms with van der Waals surface area (Å²) in [6.45, 7) is 0. The molecule has 2 rings (SSSR count). The smallest absolute Gasteiger partial charge is 0.385 e. The van der Waals surface area contributed by atoms with Crippen LogP contribution in [0.15, 0.2) is 24.3 Å². The third-order valence-corrected chi connectivity index (χ3v) is 3.50. The quantitative estimate of drug-likeness (QED) is 0.814. The van der Waals surface area contributed by atoms with Crippen LogP contribution < -0.4 is 5.73 Å². The van der Waals surface area contributed by atoms with Crippen molar-refractivity contribution in [2.45, 2.75) is 43.5 Å². The van der Waals surface area contributed by atoms with E-state index >= 15 is 0 Å². The third kappa shape index (κ3) is 2.52. The molecule has 1 saturated carbocycles. The van der Waals surface area contributed by atoms with E-state index in [0.29, 0.717) is 12.8 Å². The van der Waals surface area contributed by atoms with Crippen LogP contribution in [0.5, 0.6) is 0 Å². The minimum absolute atomic E-state index is 0.0485. The maximum Gasteiger partial charge on any atom is 0.416 e. The van der Waals surface area contributed by atoms with Crippen molar-refractivity contribution in [3.63, 3.8) is 0 Å². The van der Waals surface area contributed by atoms with Crippen LogP contribution in [0.1, 0.15) is 36.8 Å². The van der Waals surface area contributed by atoms with Crippen LogP contribution >= 0.6 is 0 Å². The number of nitrogens with two attached hydrogens (primary N) is 1. The van der Waals surface area contributed by atoms with Gasteiger partial charge in [0, 0.05) is 6.04 Å². The Balaban J connectivity index is 2.44. The van der Waals surface area contributed by atoms with E-state index in [0.717, 1.165) is 12.5 Å². The Morgan fingerprint density at radius 2 is 1.94 bits per heavy atom. The lowest BCUT2D eigenvalue weighted by atomic mass is 9.76. The number of rotatable bonds is 1. The molecule has 1 aromatic rings. The van der Waals surface area contributed by atoms with Crippen LogP contribution in [0.25, 0.3) is 0 Å². The maximum absolute atomic E-state index is 12.9. The van der Waals surface area contributed by atoms with Gasteiger partial charge in [-0.2, -0.15) is 13.2 Å². The SMILES string of the molecule is NC1CCCC(O)(c2ccccc2C(F)(F)F)C1. The number of alkyl halides is 3. The van der Waals surface area contributed by atoms with Gasteiger partial charge in [0.15, 0.2) is 0 Å². The second kappa shape index (κ2) is 4.55. The lowest BCUT2D eigenvalue weighted by Gasteiger charge is -2.37. The molecular formula is C13H16F3NO. The fourth-order valence-corrected chi connectivity index (χ4v) is 2.68. The Morgan fingerprint density at radius 1 is 1.28 bits per heavy atom. The molecule has 1 aliphatic rings. The van der Waals surface area contributed by atoms with E-state index in [1.165, 1.54) is 18.2 Å². The first kappa shape index (κ1) is 13.4. The number of hydrogen-bond acceptors (Lipinski definition) is 2. The van der Waals surface area contributed by atoms with Crippen LogP contribution in [0, 0.1) is 0 Å². The molecule has 0 spiro atoms. The van der Waals surface area contributed by atoms with E-state index in [4.69, 9.17) is 5.73 Å². The summed E-state index contributed by atoms with van der Waals surface area (Å²) in [7, 11) is 0. The summed E-state index contributed by atoms with van der Waals surface area (Å²) < 4.78 is 38.8. The molecule has 0 aliphatic heterocycles.